The van der Waals surface area contributed by atoms with E-state index in [1.165, 1.54) is 25.1 Å². The van der Waals surface area contributed by atoms with E-state index in [9.17, 15) is 18.8 Å². The van der Waals surface area contributed by atoms with Crippen molar-refractivity contribution in [1.29, 1.82) is 0 Å². The van der Waals surface area contributed by atoms with Crippen LogP contribution in [-0.2, 0) is 0 Å². The number of benzene rings is 2. The van der Waals surface area contributed by atoms with Crippen molar-refractivity contribution in [2.45, 2.75) is 26.9 Å². The molecule has 8 heteroatoms. The highest BCUT2D eigenvalue weighted by molar-refractivity contribution is 6.01. The average Bonchev–Trinajstić information content (AvgIpc) is 2.73. The van der Waals surface area contributed by atoms with E-state index in [1.807, 2.05) is 18.7 Å². The van der Waals surface area contributed by atoms with E-state index in [1.54, 1.807) is 23.1 Å². The van der Waals surface area contributed by atoms with Gasteiger partial charge >= 0.3 is 0 Å². The van der Waals surface area contributed by atoms with Crippen molar-refractivity contribution in [2.75, 3.05) is 31.1 Å². The zero-order valence-electron chi connectivity index (χ0n) is 17.9. The number of halogens is 1. The van der Waals surface area contributed by atoms with Gasteiger partial charge in [0.25, 0.3) is 5.91 Å². The second-order valence-electron chi connectivity index (χ2n) is 7.74. The normalized spacial score (nSPS) is 14.0. The molecule has 7 nitrogen and oxygen atoms in total. The molecule has 0 atom stereocenters. The number of ketones is 1. The maximum atomic E-state index is 14.5. The number of hydrogen-bond acceptors (Lipinski definition) is 5. The Balaban J connectivity index is 1.76. The number of piperazine rings is 1. The standard InChI is InChI=1S/C23H26FN3O4/c1-14(2)31-21-7-5-17(22(25)29)12-18(21)23(30)27-10-8-26(9-11-27)20-6-4-16(15(3)28)13-19(20)24/h4-7,12-14H,8-11H2,1-3H3,(H2,25,29). The minimum absolute atomic E-state index is 0.149. The molecule has 0 radical (unpaired) electrons. The van der Waals surface area contributed by atoms with Crippen molar-refractivity contribution >= 4 is 23.3 Å². The van der Waals surface area contributed by atoms with Crippen LogP contribution in [0, 0.1) is 5.82 Å². The monoisotopic (exact) mass is 427 g/mol. The fraction of sp³-hybridized carbons (Fsp3) is 0.348. The number of amides is 2. The Bertz CT molecular complexity index is 1010. The van der Waals surface area contributed by atoms with E-state index in [0.29, 0.717) is 43.2 Å². The fourth-order valence-electron chi connectivity index (χ4n) is 3.51. The average molecular weight is 427 g/mol. The Morgan fingerprint density at radius 2 is 1.65 bits per heavy atom. The molecule has 1 heterocycles. The van der Waals surface area contributed by atoms with Gasteiger partial charge in [0.2, 0.25) is 5.91 Å². The van der Waals surface area contributed by atoms with Crippen LogP contribution in [0.2, 0.25) is 0 Å². The van der Waals surface area contributed by atoms with Gasteiger partial charge < -0.3 is 20.3 Å². The molecule has 2 amide bonds. The number of rotatable bonds is 6. The number of nitrogens with two attached hydrogens (primary N) is 1. The molecule has 0 aromatic heterocycles. The molecule has 0 unspecified atom stereocenters. The van der Waals surface area contributed by atoms with Crippen molar-refractivity contribution in [3.63, 3.8) is 0 Å². The van der Waals surface area contributed by atoms with E-state index in [0.717, 1.165) is 0 Å². The molecule has 164 valence electrons. The third kappa shape index (κ3) is 5.02. The van der Waals surface area contributed by atoms with Crippen LogP contribution in [0.25, 0.3) is 0 Å². The topological polar surface area (TPSA) is 92.9 Å². The molecule has 1 aliphatic rings. The fourth-order valence-corrected chi connectivity index (χ4v) is 3.51. The van der Waals surface area contributed by atoms with Crippen LogP contribution in [0.15, 0.2) is 36.4 Å². The van der Waals surface area contributed by atoms with Crippen molar-refractivity contribution in [1.82, 2.24) is 4.90 Å². The number of nitrogens with zero attached hydrogens (tertiary/aromatic N) is 2. The summed E-state index contributed by atoms with van der Waals surface area (Å²) in [6.07, 6.45) is -0.149. The molecular formula is C23H26FN3O4. The summed E-state index contributed by atoms with van der Waals surface area (Å²) in [4.78, 5) is 39.7. The molecule has 0 aliphatic carbocycles. The van der Waals surface area contributed by atoms with Crippen molar-refractivity contribution in [2.24, 2.45) is 5.73 Å². The highest BCUT2D eigenvalue weighted by atomic mass is 19.1. The van der Waals surface area contributed by atoms with Crippen LogP contribution in [0.3, 0.4) is 0 Å². The summed E-state index contributed by atoms with van der Waals surface area (Å²) < 4.78 is 20.2. The number of hydrogen-bond donors (Lipinski definition) is 1. The second-order valence-corrected chi connectivity index (χ2v) is 7.74. The van der Waals surface area contributed by atoms with Gasteiger partial charge in [0.1, 0.15) is 11.6 Å². The lowest BCUT2D eigenvalue weighted by Crippen LogP contribution is -2.49. The number of anilines is 1. The summed E-state index contributed by atoms with van der Waals surface area (Å²) in [7, 11) is 0. The van der Waals surface area contributed by atoms with Gasteiger partial charge in [0, 0.05) is 37.3 Å². The molecule has 2 aromatic rings. The molecule has 0 saturated carbocycles. The van der Waals surface area contributed by atoms with E-state index < -0.39 is 11.7 Å². The van der Waals surface area contributed by atoms with Gasteiger partial charge in [-0.1, -0.05) is 0 Å². The molecule has 0 spiro atoms. The summed E-state index contributed by atoms with van der Waals surface area (Å²) >= 11 is 0. The predicted molar refractivity (Wildman–Crippen MR) is 115 cm³/mol. The lowest BCUT2D eigenvalue weighted by atomic mass is 10.1. The molecule has 3 rings (SSSR count). The van der Waals surface area contributed by atoms with Crippen LogP contribution in [0.5, 0.6) is 5.75 Å². The number of carbonyl (C=O) groups excluding carboxylic acids is 3. The first kappa shape index (κ1) is 22.3. The molecule has 2 N–H and O–H groups in total. The zero-order valence-corrected chi connectivity index (χ0v) is 17.9. The third-order valence-corrected chi connectivity index (χ3v) is 5.12. The Kier molecular flexibility index (Phi) is 6.58. The Morgan fingerprint density at radius 3 is 2.19 bits per heavy atom. The van der Waals surface area contributed by atoms with Gasteiger partial charge in [-0.15, -0.1) is 0 Å². The Morgan fingerprint density at radius 1 is 1.00 bits per heavy atom. The highest BCUT2D eigenvalue weighted by Gasteiger charge is 2.26. The van der Waals surface area contributed by atoms with E-state index in [4.69, 9.17) is 10.5 Å². The van der Waals surface area contributed by atoms with Gasteiger partial charge in [0.15, 0.2) is 5.78 Å². The minimum atomic E-state index is -0.626. The number of carbonyl (C=O) groups is 3. The molecule has 31 heavy (non-hydrogen) atoms. The van der Waals surface area contributed by atoms with Crippen LogP contribution >= 0.6 is 0 Å². The van der Waals surface area contributed by atoms with Crippen molar-refractivity contribution < 1.29 is 23.5 Å². The van der Waals surface area contributed by atoms with Crippen LogP contribution in [-0.4, -0.2) is 54.8 Å². The van der Waals surface area contributed by atoms with Crippen LogP contribution < -0.4 is 15.4 Å². The third-order valence-electron chi connectivity index (χ3n) is 5.12. The predicted octanol–water partition coefficient (Wildman–Crippen LogP) is 2.88. The van der Waals surface area contributed by atoms with E-state index >= 15 is 0 Å². The maximum Gasteiger partial charge on any atom is 0.257 e. The van der Waals surface area contributed by atoms with Gasteiger partial charge in [-0.3, -0.25) is 14.4 Å². The first-order valence-corrected chi connectivity index (χ1v) is 10.1. The quantitative estimate of drug-likeness (QED) is 0.716. The van der Waals surface area contributed by atoms with Crippen molar-refractivity contribution in [3.05, 3.63) is 58.9 Å². The molecule has 2 aromatic carbocycles. The van der Waals surface area contributed by atoms with E-state index in [2.05, 4.69) is 0 Å². The maximum absolute atomic E-state index is 14.5. The molecule has 1 saturated heterocycles. The molecule has 0 bridgehead atoms. The summed E-state index contributed by atoms with van der Waals surface area (Å²) in [5.74, 6) is -1.17. The molecule has 1 aliphatic heterocycles. The van der Waals surface area contributed by atoms with Crippen molar-refractivity contribution in [3.8, 4) is 5.75 Å². The number of primary amides is 1. The largest absolute Gasteiger partial charge is 0.490 e. The minimum Gasteiger partial charge on any atom is -0.490 e. The summed E-state index contributed by atoms with van der Waals surface area (Å²) in [6, 6.07) is 8.99. The number of ether oxygens (including phenoxy) is 1. The van der Waals surface area contributed by atoms with Gasteiger partial charge in [-0.05, 0) is 57.2 Å². The molecular weight excluding hydrogens is 401 g/mol. The Labute approximate surface area is 180 Å². The summed E-state index contributed by atoms with van der Waals surface area (Å²) in [5, 5.41) is 0. The van der Waals surface area contributed by atoms with Gasteiger partial charge in [-0.25, -0.2) is 4.39 Å². The smallest absolute Gasteiger partial charge is 0.257 e. The first-order valence-electron chi connectivity index (χ1n) is 10.1. The molecule has 1 fully saturated rings. The zero-order chi connectivity index (χ0) is 22.7. The Hall–Kier alpha value is -3.42. The van der Waals surface area contributed by atoms with Crippen LogP contribution in [0.1, 0.15) is 51.8 Å². The lowest BCUT2D eigenvalue weighted by Gasteiger charge is -2.36. The van der Waals surface area contributed by atoms with Gasteiger partial charge in [-0.2, -0.15) is 0 Å². The summed E-state index contributed by atoms with van der Waals surface area (Å²) in [6.45, 7) is 6.68. The lowest BCUT2D eigenvalue weighted by molar-refractivity contribution is 0.0740. The van der Waals surface area contributed by atoms with E-state index in [-0.39, 0.29) is 28.9 Å². The first-order chi connectivity index (χ1) is 14.7. The SMILES string of the molecule is CC(=O)c1ccc(N2CCN(C(=O)c3cc(C(N)=O)ccc3OC(C)C)CC2)c(F)c1. The second kappa shape index (κ2) is 9.16. The summed E-state index contributed by atoms with van der Waals surface area (Å²) in [5.41, 5.74) is 6.59. The van der Waals surface area contributed by atoms with Gasteiger partial charge in [0.05, 0.1) is 17.4 Å². The highest BCUT2D eigenvalue weighted by Crippen LogP contribution is 2.26. The van der Waals surface area contributed by atoms with Crippen LogP contribution in [0.4, 0.5) is 10.1 Å². The number of Topliss-reactive ketones (excluding diaryl/α,β-unsaturated/α-hetero) is 1.